The van der Waals surface area contributed by atoms with Crippen molar-refractivity contribution in [2.75, 3.05) is 19.7 Å². The highest BCUT2D eigenvalue weighted by molar-refractivity contribution is 5.15. The number of rotatable bonds is 7. The summed E-state index contributed by atoms with van der Waals surface area (Å²) in [5, 5.41) is 15.2. The van der Waals surface area contributed by atoms with Crippen LogP contribution in [-0.4, -0.2) is 39.5 Å². The Hall–Kier alpha value is -1.69. The van der Waals surface area contributed by atoms with Crippen LogP contribution in [-0.2, 0) is 24.4 Å². The van der Waals surface area contributed by atoms with Crippen LogP contribution in [0.25, 0.3) is 0 Å². The maximum Gasteiger partial charge on any atom is 0.101 e. The predicted octanol–water partition coefficient (Wildman–Crippen LogP) is 3.14. The molecule has 0 radical (unpaired) electrons. The van der Waals surface area contributed by atoms with Crippen LogP contribution in [0, 0.1) is 5.92 Å². The van der Waals surface area contributed by atoms with Gasteiger partial charge in [0.05, 0.1) is 24.6 Å². The number of fused-ring (bicyclic) bond motifs is 1. The zero-order valence-corrected chi connectivity index (χ0v) is 15.4. The third-order valence-corrected chi connectivity index (χ3v) is 5.67. The second kappa shape index (κ2) is 8.33. The summed E-state index contributed by atoms with van der Waals surface area (Å²) in [6.07, 6.45) is 4.21. The topological polar surface area (TPSA) is 50.5 Å². The molecule has 5 heteroatoms. The van der Waals surface area contributed by atoms with Crippen molar-refractivity contribution in [2.24, 2.45) is 5.92 Å². The SMILES string of the molecule is O[C@H](c1cc2n(n1)CCCN(CCOCc1ccccc1)C2)C1CCC1. The molecule has 26 heavy (non-hydrogen) atoms. The molecule has 0 bridgehead atoms. The van der Waals surface area contributed by atoms with Crippen LogP contribution in [0.15, 0.2) is 36.4 Å². The molecular weight excluding hydrogens is 326 g/mol. The molecule has 1 saturated carbocycles. The smallest absolute Gasteiger partial charge is 0.101 e. The summed E-state index contributed by atoms with van der Waals surface area (Å²) in [5.41, 5.74) is 3.31. The summed E-state index contributed by atoms with van der Waals surface area (Å²) in [6.45, 7) is 5.23. The van der Waals surface area contributed by atoms with E-state index >= 15 is 0 Å². The highest BCUT2D eigenvalue weighted by Crippen LogP contribution is 2.37. The Morgan fingerprint density at radius 3 is 2.77 bits per heavy atom. The van der Waals surface area contributed by atoms with Crippen molar-refractivity contribution < 1.29 is 9.84 Å². The molecule has 0 amide bonds. The van der Waals surface area contributed by atoms with Crippen molar-refractivity contribution in [3.63, 3.8) is 0 Å². The van der Waals surface area contributed by atoms with E-state index in [1.165, 1.54) is 17.7 Å². The van der Waals surface area contributed by atoms with Crippen LogP contribution < -0.4 is 0 Å². The Labute approximate surface area is 155 Å². The monoisotopic (exact) mass is 355 g/mol. The summed E-state index contributed by atoms with van der Waals surface area (Å²) in [6, 6.07) is 12.4. The van der Waals surface area contributed by atoms with Gasteiger partial charge in [0.1, 0.15) is 6.10 Å². The number of aliphatic hydroxyl groups excluding tert-OH is 1. The first-order chi connectivity index (χ1) is 12.8. The van der Waals surface area contributed by atoms with Gasteiger partial charge in [-0.2, -0.15) is 5.10 Å². The lowest BCUT2D eigenvalue weighted by Gasteiger charge is -2.29. The number of aryl methyl sites for hydroxylation is 1. The maximum atomic E-state index is 10.5. The number of hydrogen-bond acceptors (Lipinski definition) is 4. The summed E-state index contributed by atoms with van der Waals surface area (Å²) in [7, 11) is 0. The van der Waals surface area contributed by atoms with Crippen molar-refractivity contribution in [2.45, 2.75) is 51.5 Å². The van der Waals surface area contributed by atoms with Crippen LogP contribution in [0.4, 0.5) is 0 Å². The molecule has 1 aromatic heterocycles. The molecule has 140 valence electrons. The largest absolute Gasteiger partial charge is 0.386 e. The summed E-state index contributed by atoms with van der Waals surface area (Å²) in [5.74, 6) is 0.414. The van der Waals surface area contributed by atoms with Gasteiger partial charge in [0.2, 0.25) is 0 Å². The number of ether oxygens (including phenoxy) is 1. The van der Waals surface area contributed by atoms with E-state index in [4.69, 9.17) is 9.84 Å². The number of aromatic nitrogens is 2. The Morgan fingerprint density at radius 1 is 1.15 bits per heavy atom. The number of benzene rings is 1. The third-order valence-electron chi connectivity index (χ3n) is 5.67. The van der Waals surface area contributed by atoms with Gasteiger partial charge in [-0.3, -0.25) is 9.58 Å². The van der Waals surface area contributed by atoms with Gasteiger partial charge in [0, 0.05) is 26.2 Å². The fourth-order valence-electron chi connectivity index (χ4n) is 3.84. The standard InChI is InChI=1S/C21H29N3O2/c25-21(18-8-4-9-18)20-14-19-15-23(10-5-11-24(19)22-20)12-13-26-16-17-6-2-1-3-7-17/h1-3,6-7,14,18,21,25H,4-5,8-13,15-16H2/t21-/m0/s1. The predicted molar refractivity (Wildman–Crippen MR) is 101 cm³/mol. The Kier molecular flexibility index (Phi) is 5.68. The van der Waals surface area contributed by atoms with Crippen LogP contribution in [0.2, 0.25) is 0 Å². The minimum atomic E-state index is -0.383. The van der Waals surface area contributed by atoms with E-state index in [0.717, 1.165) is 57.7 Å². The Balaban J connectivity index is 1.29. The first kappa shape index (κ1) is 17.7. The van der Waals surface area contributed by atoms with E-state index in [1.54, 1.807) is 0 Å². The van der Waals surface area contributed by atoms with E-state index < -0.39 is 0 Å². The summed E-state index contributed by atoms with van der Waals surface area (Å²) >= 11 is 0. The molecule has 1 N–H and O–H groups in total. The molecule has 2 aliphatic rings. The number of aliphatic hydroxyl groups is 1. The summed E-state index contributed by atoms with van der Waals surface area (Å²) in [4.78, 5) is 2.44. The van der Waals surface area contributed by atoms with Crippen molar-refractivity contribution in [1.82, 2.24) is 14.7 Å². The molecule has 1 aliphatic carbocycles. The van der Waals surface area contributed by atoms with E-state index in [-0.39, 0.29) is 6.10 Å². The van der Waals surface area contributed by atoms with Crippen molar-refractivity contribution in [1.29, 1.82) is 0 Å². The second-order valence-electron chi connectivity index (χ2n) is 7.59. The lowest BCUT2D eigenvalue weighted by molar-refractivity contribution is 0.0580. The molecule has 1 aromatic carbocycles. The average molecular weight is 355 g/mol. The van der Waals surface area contributed by atoms with Gasteiger partial charge in [-0.25, -0.2) is 0 Å². The lowest BCUT2D eigenvalue weighted by Crippen LogP contribution is -2.27. The molecule has 2 aromatic rings. The molecule has 1 fully saturated rings. The molecule has 0 saturated heterocycles. The number of nitrogens with zero attached hydrogens (tertiary/aromatic N) is 3. The molecule has 1 atom stereocenters. The van der Waals surface area contributed by atoms with Gasteiger partial charge >= 0.3 is 0 Å². The maximum absolute atomic E-state index is 10.5. The molecular formula is C21H29N3O2. The van der Waals surface area contributed by atoms with Crippen molar-refractivity contribution in [3.05, 3.63) is 53.3 Å². The minimum absolute atomic E-state index is 0.383. The van der Waals surface area contributed by atoms with Gasteiger partial charge in [-0.05, 0) is 36.8 Å². The van der Waals surface area contributed by atoms with Gasteiger partial charge in [-0.1, -0.05) is 36.8 Å². The first-order valence-corrected chi connectivity index (χ1v) is 9.88. The van der Waals surface area contributed by atoms with Crippen LogP contribution in [0.3, 0.4) is 0 Å². The van der Waals surface area contributed by atoms with Crippen LogP contribution >= 0.6 is 0 Å². The normalized spacial score (nSPS) is 19.6. The van der Waals surface area contributed by atoms with Crippen molar-refractivity contribution in [3.8, 4) is 0 Å². The molecule has 0 spiro atoms. The molecule has 4 rings (SSSR count). The second-order valence-corrected chi connectivity index (χ2v) is 7.59. The van der Waals surface area contributed by atoms with Crippen LogP contribution in [0.5, 0.6) is 0 Å². The molecule has 1 aliphatic heterocycles. The van der Waals surface area contributed by atoms with E-state index in [2.05, 4.69) is 27.8 Å². The van der Waals surface area contributed by atoms with Gasteiger partial charge in [0.15, 0.2) is 0 Å². The quantitative estimate of drug-likeness (QED) is 0.775. The Bertz CT molecular complexity index is 697. The Morgan fingerprint density at radius 2 is 2.00 bits per heavy atom. The van der Waals surface area contributed by atoms with Gasteiger partial charge in [0.25, 0.3) is 0 Å². The third kappa shape index (κ3) is 4.17. The first-order valence-electron chi connectivity index (χ1n) is 9.88. The lowest BCUT2D eigenvalue weighted by atomic mass is 9.80. The van der Waals surface area contributed by atoms with Gasteiger partial charge in [-0.15, -0.1) is 0 Å². The molecule has 5 nitrogen and oxygen atoms in total. The van der Waals surface area contributed by atoms with E-state index in [9.17, 15) is 5.11 Å². The fraction of sp³-hybridized carbons (Fsp3) is 0.571. The summed E-state index contributed by atoms with van der Waals surface area (Å²) < 4.78 is 7.94. The zero-order chi connectivity index (χ0) is 17.8. The van der Waals surface area contributed by atoms with E-state index in [0.29, 0.717) is 12.5 Å². The number of hydrogen-bond donors (Lipinski definition) is 1. The van der Waals surface area contributed by atoms with Crippen molar-refractivity contribution >= 4 is 0 Å². The highest BCUT2D eigenvalue weighted by atomic mass is 16.5. The highest BCUT2D eigenvalue weighted by Gasteiger charge is 2.29. The average Bonchev–Trinajstić information content (AvgIpc) is 2.91. The fourth-order valence-corrected chi connectivity index (χ4v) is 3.84. The molecule has 0 unspecified atom stereocenters. The van der Waals surface area contributed by atoms with Crippen LogP contribution in [0.1, 0.15) is 48.7 Å². The minimum Gasteiger partial charge on any atom is -0.386 e. The zero-order valence-electron chi connectivity index (χ0n) is 15.4. The molecule has 2 heterocycles. The van der Waals surface area contributed by atoms with Gasteiger partial charge < -0.3 is 9.84 Å². The van der Waals surface area contributed by atoms with E-state index in [1.807, 2.05) is 18.2 Å².